The predicted octanol–water partition coefficient (Wildman–Crippen LogP) is 3.41. The molecule has 1 aliphatic heterocycles. The van der Waals surface area contributed by atoms with Crippen LogP contribution in [0.25, 0.3) is 10.2 Å². The standard InChI is InChI=1S/C21H22FN3O4S2/c22-15-4-6-16(7-5-15)23-31(28,29)17-8-9-18-19(14-17)30-21(27)25(18)13-10-20(26)24-11-2-1-3-12-24/h4-9,14,23H,1-3,10-13H2. The number of nitrogens with zero attached hydrogens (tertiary/aromatic N) is 2. The van der Waals surface area contributed by atoms with Crippen LogP contribution in [0.4, 0.5) is 10.1 Å². The number of carbonyl (C=O) groups is 1. The maximum Gasteiger partial charge on any atom is 0.308 e. The van der Waals surface area contributed by atoms with Crippen LogP contribution in [0.2, 0.25) is 0 Å². The number of aryl methyl sites for hydroxylation is 1. The number of hydrogen-bond donors (Lipinski definition) is 1. The van der Waals surface area contributed by atoms with Crippen LogP contribution in [0, 0.1) is 5.82 Å². The molecule has 1 amide bonds. The van der Waals surface area contributed by atoms with Gasteiger partial charge in [-0.2, -0.15) is 0 Å². The van der Waals surface area contributed by atoms with Crippen molar-refractivity contribution in [3.05, 3.63) is 57.9 Å². The van der Waals surface area contributed by atoms with E-state index < -0.39 is 15.8 Å². The van der Waals surface area contributed by atoms with Gasteiger partial charge in [-0.05, 0) is 61.7 Å². The Morgan fingerprint density at radius 3 is 2.48 bits per heavy atom. The van der Waals surface area contributed by atoms with Crippen molar-refractivity contribution in [2.75, 3.05) is 17.8 Å². The molecular formula is C21H22FN3O4S2. The Balaban J connectivity index is 1.53. The molecule has 0 saturated carbocycles. The number of aromatic nitrogens is 1. The molecule has 0 bridgehead atoms. The molecule has 10 heteroatoms. The normalized spacial score (nSPS) is 14.7. The maximum absolute atomic E-state index is 13.0. The summed E-state index contributed by atoms with van der Waals surface area (Å²) in [7, 11) is -3.90. The molecule has 164 valence electrons. The fraction of sp³-hybridized carbons (Fsp3) is 0.333. The monoisotopic (exact) mass is 463 g/mol. The largest absolute Gasteiger partial charge is 0.343 e. The van der Waals surface area contributed by atoms with Gasteiger partial charge < -0.3 is 4.90 Å². The van der Waals surface area contributed by atoms with E-state index in [1.165, 1.54) is 28.8 Å². The lowest BCUT2D eigenvalue weighted by atomic mass is 10.1. The summed E-state index contributed by atoms with van der Waals surface area (Å²) in [4.78, 5) is 26.5. The Kier molecular flexibility index (Phi) is 6.10. The van der Waals surface area contributed by atoms with Crippen molar-refractivity contribution in [1.82, 2.24) is 9.47 Å². The van der Waals surface area contributed by atoms with Crippen LogP contribution in [-0.4, -0.2) is 36.9 Å². The molecule has 0 radical (unpaired) electrons. The van der Waals surface area contributed by atoms with Gasteiger partial charge in [0.1, 0.15) is 5.82 Å². The predicted molar refractivity (Wildman–Crippen MR) is 118 cm³/mol. The summed E-state index contributed by atoms with van der Waals surface area (Å²) in [5, 5.41) is 0. The van der Waals surface area contributed by atoms with Crippen LogP contribution in [0.5, 0.6) is 0 Å². The number of carbonyl (C=O) groups excluding carboxylic acids is 1. The van der Waals surface area contributed by atoms with Gasteiger partial charge in [0, 0.05) is 31.7 Å². The number of rotatable bonds is 6. The number of fused-ring (bicyclic) bond motifs is 1. The van der Waals surface area contributed by atoms with E-state index in [-0.39, 0.29) is 34.3 Å². The smallest absolute Gasteiger partial charge is 0.308 e. The third-order valence-electron chi connectivity index (χ3n) is 5.30. The second-order valence-corrected chi connectivity index (χ2v) is 10.1. The molecule has 7 nitrogen and oxygen atoms in total. The van der Waals surface area contributed by atoms with Gasteiger partial charge in [0.05, 0.1) is 15.1 Å². The van der Waals surface area contributed by atoms with Crippen molar-refractivity contribution < 1.29 is 17.6 Å². The molecule has 0 unspecified atom stereocenters. The number of benzene rings is 2. The van der Waals surface area contributed by atoms with Crippen molar-refractivity contribution in [2.24, 2.45) is 0 Å². The number of amides is 1. The lowest BCUT2D eigenvalue weighted by Gasteiger charge is -2.26. The number of halogens is 1. The highest BCUT2D eigenvalue weighted by molar-refractivity contribution is 7.92. The zero-order valence-electron chi connectivity index (χ0n) is 16.7. The molecule has 3 aromatic rings. The van der Waals surface area contributed by atoms with Gasteiger partial charge in [0.25, 0.3) is 10.0 Å². The lowest BCUT2D eigenvalue weighted by molar-refractivity contribution is -0.132. The molecule has 2 aromatic carbocycles. The quantitative estimate of drug-likeness (QED) is 0.607. The van der Waals surface area contributed by atoms with Gasteiger partial charge in [-0.25, -0.2) is 12.8 Å². The van der Waals surface area contributed by atoms with Crippen LogP contribution in [0.3, 0.4) is 0 Å². The molecule has 0 aliphatic carbocycles. The van der Waals surface area contributed by atoms with E-state index in [4.69, 9.17) is 0 Å². The molecule has 1 aliphatic rings. The molecule has 31 heavy (non-hydrogen) atoms. The topological polar surface area (TPSA) is 88.5 Å². The fourth-order valence-electron chi connectivity index (χ4n) is 3.67. The van der Waals surface area contributed by atoms with Gasteiger partial charge in [-0.3, -0.25) is 18.9 Å². The molecule has 1 saturated heterocycles. The highest BCUT2D eigenvalue weighted by Crippen LogP contribution is 2.24. The van der Waals surface area contributed by atoms with Gasteiger partial charge in [0.15, 0.2) is 0 Å². The number of likely N-dealkylation sites (tertiary alicyclic amines) is 1. The zero-order valence-corrected chi connectivity index (χ0v) is 18.3. The van der Waals surface area contributed by atoms with Crippen molar-refractivity contribution in [1.29, 1.82) is 0 Å². The Bertz CT molecular complexity index is 1260. The van der Waals surface area contributed by atoms with E-state index in [1.807, 2.05) is 4.90 Å². The number of anilines is 1. The maximum atomic E-state index is 13.0. The van der Waals surface area contributed by atoms with E-state index in [2.05, 4.69) is 4.72 Å². The second-order valence-electron chi connectivity index (χ2n) is 7.45. The highest BCUT2D eigenvalue weighted by Gasteiger charge is 2.19. The third kappa shape index (κ3) is 4.80. The van der Waals surface area contributed by atoms with E-state index in [9.17, 15) is 22.4 Å². The second kappa shape index (κ2) is 8.80. The summed E-state index contributed by atoms with van der Waals surface area (Å²) in [5.74, 6) is -0.428. The zero-order chi connectivity index (χ0) is 22.0. The Labute approximate surface area is 183 Å². The average molecular weight is 464 g/mol. The number of hydrogen-bond acceptors (Lipinski definition) is 5. The summed E-state index contributed by atoms with van der Waals surface area (Å²) in [5.41, 5.74) is 0.839. The number of sulfonamides is 1. The van der Waals surface area contributed by atoms with E-state index in [0.29, 0.717) is 10.2 Å². The van der Waals surface area contributed by atoms with Gasteiger partial charge in [0.2, 0.25) is 5.91 Å². The summed E-state index contributed by atoms with van der Waals surface area (Å²) in [6.07, 6.45) is 3.39. The molecular weight excluding hydrogens is 441 g/mol. The molecule has 0 spiro atoms. The van der Waals surface area contributed by atoms with Crippen molar-refractivity contribution >= 4 is 43.2 Å². The molecule has 2 heterocycles. The van der Waals surface area contributed by atoms with Crippen LogP contribution in [0.15, 0.2) is 52.2 Å². The minimum atomic E-state index is -3.90. The Morgan fingerprint density at radius 1 is 1.06 bits per heavy atom. The first-order valence-electron chi connectivity index (χ1n) is 10.0. The lowest BCUT2D eigenvalue weighted by Crippen LogP contribution is -2.36. The highest BCUT2D eigenvalue weighted by atomic mass is 32.2. The average Bonchev–Trinajstić information content (AvgIpc) is 3.08. The van der Waals surface area contributed by atoms with Gasteiger partial charge >= 0.3 is 4.87 Å². The minimum absolute atomic E-state index is 0.00196. The van der Waals surface area contributed by atoms with E-state index >= 15 is 0 Å². The summed E-state index contributed by atoms with van der Waals surface area (Å²) >= 11 is 0.945. The molecule has 0 atom stereocenters. The number of piperidine rings is 1. The van der Waals surface area contributed by atoms with Crippen LogP contribution in [0.1, 0.15) is 25.7 Å². The molecule has 1 aromatic heterocycles. The first-order valence-corrected chi connectivity index (χ1v) is 12.3. The number of nitrogens with one attached hydrogen (secondary N) is 1. The summed E-state index contributed by atoms with van der Waals surface area (Å²) in [6.45, 7) is 1.79. The SMILES string of the molecule is O=C(CCn1c(=O)sc2cc(S(=O)(=O)Nc3ccc(F)cc3)ccc21)N1CCCCC1. The van der Waals surface area contributed by atoms with Crippen LogP contribution >= 0.6 is 11.3 Å². The third-order valence-corrected chi connectivity index (χ3v) is 7.63. The van der Waals surface area contributed by atoms with Crippen molar-refractivity contribution in [2.45, 2.75) is 37.1 Å². The first kappa shape index (κ1) is 21.5. The fourth-order valence-corrected chi connectivity index (χ4v) is 5.78. The molecule has 1 N–H and O–H groups in total. The number of thiazole rings is 1. The van der Waals surface area contributed by atoms with Crippen molar-refractivity contribution in [3.63, 3.8) is 0 Å². The first-order chi connectivity index (χ1) is 14.8. The van der Waals surface area contributed by atoms with Crippen LogP contribution in [-0.2, 0) is 21.4 Å². The van der Waals surface area contributed by atoms with E-state index in [0.717, 1.165) is 55.8 Å². The van der Waals surface area contributed by atoms with Crippen LogP contribution < -0.4 is 9.60 Å². The summed E-state index contributed by atoms with van der Waals surface area (Å²) in [6, 6.07) is 9.44. The Morgan fingerprint density at radius 2 is 1.77 bits per heavy atom. The van der Waals surface area contributed by atoms with Gasteiger partial charge in [-0.15, -0.1) is 0 Å². The summed E-state index contributed by atoms with van der Waals surface area (Å²) < 4.78 is 42.8. The van der Waals surface area contributed by atoms with E-state index in [1.54, 1.807) is 6.07 Å². The Hall–Kier alpha value is -2.72. The minimum Gasteiger partial charge on any atom is -0.343 e. The van der Waals surface area contributed by atoms with Gasteiger partial charge in [-0.1, -0.05) is 11.3 Å². The van der Waals surface area contributed by atoms with Crippen molar-refractivity contribution in [3.8, 4) is 0 Å². The molecule has 4 rings (SSSR count). The molecule has 1 fully saturated rings.